The van der Waals surface area contributed by atoms with Crippen LogP contribution in [0.1, 0.15) is 33.6 Å². The molecule has 0 aromatic heterocycles. The lowest BCUT2D eigenvalue weighted by Gasteiger charge is -2.29. The van der Waals surface area contributed by atoms with Crippen LogP contribution < -0.4 is 0 Å². The van der Waals surface area contributed by atoms with E-state index in [4.69, 9.17) is 9.05 Å². The SMILES string of the molecule is C=CCC(O)(CC)CP(=O)(OCC)OCC. The Morgan fingerprint density at radius 3 is 2.12 bits per heavy atom. The minimum atomic E-state index is -3.18. The maximum absolute atomic E-state index is 12.2. The van der Waals surface area contributed by atoms with E-state index < -0.39 is 13.2 Å². The standard InChI is InChI=1S/C11H23O4P/c1-5-9-11(12,6-2)10-16(13,14-7-3)15-8-4/h5,12H,1,6-10H2,2-4H3. The van der Waals surface area contributed by atoms with E-state index in [1.165, 1.54) is 0 Å². The van der Waals surface area contributed by atoms with Gasteiger partial charge in [0.25, 0.3) is 0 Å². The molecule has 0 bridgehead atoms. The molecule has 0 heterocycles. The van der Waals surface area contributed by atoms with Crippen molar-refractivity contribution in [2.24, 2.45) is 0 Å². The molecule has 0 aromatic carbocycles. The summed E-state index contributed by atoms with van der Waals surface area (Å²) in [4.78, 5) is 0. The molecule has 0 radical (unpaired) electrons. The highest BCUT2D eigenvalue weighted by atomic mass is 31.2. The molecule has 0 amide bonds. The number of rotatable bonds is 9. The maximum atomic E-state index is 12.2. The van der Waals surface area contributed by atoms with Crippen molar-refractivity contribution in [3.05, 3.63) is 12.7 Å². The van der Waals surface area contributed by atoms with E-state index in [-0.39, 0.29) is 6.16 Å². The van der Waals surface area contributed by atoms with Crippen molar-refractivity contribution in [1.82, 2.24) is 0 Å². The Kier molecular flexibility index (Phi) is 7.16. The molecule has 0 aliphatic rings. The summed E-state index contributed by atoms with van der Waals surface area (Å²) in [7, 11) is -3.18. The van der Waals surface area contributed by atoms with Crippen molar-refractivity contribution in [3.63, 3.8) is 0 Å². The quantitative estimate of drug-likeness (QED) is 0.505. The zero-order chi connectivity index (χ0) is 12.7. The topological polar surface area (TPSA) is 55.8 Å². The maximum Gasteiger partial charge on any atom is 0.333 e. The Balaban J connectivity index is 4.70. The minimum Gasteiger partial charge on any atom is -0.389 e. The van der Waals surface area contributed by atoms with Crippen LogP contribution in [0.5, 0.6) is 0 Å². The van der Waals surface area contributed by atoms with Crippen molar-refractivity contribution >= 4 is 7.60 Å². The molecule has 16 heavy (non-hydrogen) atoms. The summed E-state index contributed by atoms with van der Waals surface area (Å²) in [6.07, 6.45) is 2.51. The fourth-order valence-corrected chi connectivity index (χ4v) is 3.59. The van der Waals surface area contributed by atoms with Gasteiger partial charge in [0, 0.05) is 0 Å². The van der Waals surface area contributed by atoms with Gasteiger partial charge in [-0.15, -0.1) is 6.58 Å². The zero-order valence-corrected chi connectivity index (χ0v) is 11.3. The van der Waals surface area contributed by atoms with Crippen LogP contribution in [-0.2, 0) is 13.6 Å². The summed E-state index contributed by atoms with van der Waals surface area (Å²) in [5.41, 5.74) is -1.05. The molecule has 0 saturated heterocycles. The van der Waals surface area contributed by atoms with Gasteiger partial charge >= 0.3 is 7.60 Å². The van der Waals surface area contributed by atoms with Crippen molar-refractivity contribution in [1.29, 1.82) is 0 Å². The Morgan fingerprint density at radius 1 is 1.31 bits per heavy atom. The molecule has 5 heteroatoms. The lowest BCUT2D eigenvalue weighted by atomic mass is 9.99. The van der Waals surface area contributed by atoms with E-state index in [0.29, 0.717) is 26.1 Å². The largest absolute Gasteiger partial charge is 0.389 e. The van der Waals surface area contributed by atoms with Gasteiger partial charge in [0.15, 0.2) is 0 Å². The Bertz CT molecular complexity index is 244. The highest BCUT2D eigenvalue weighted by molar-refractivity contribution is 7.53. The van der Waals surface area contributed by atoms with Crippen LogP contribution in [0.15, 0.2) is 12.7 Å². The van der Waals surface area contributed by atoms with E-state index >= 15 is 0 Å². The predicted molar refractivity (Wildman–Crippen MR) is 65.8 cm³/mol. The first kappa shape index (κ1) is 15.9. The summed E-state index contributed by atoms with van der Waals surface area (Å²) >= 11 is 0. The van der Waals surface area contributed by atoms with Crippen LogP contribution in [0, 0.1) is 0 Å². The van der Waals surface area contributed by atoms with Crippen molar-refractivity contribution in [3.8, 4) is 0 Å². The van der Waals surface area contributed by atoms with E-state index in [9.17, 15) is 9.67 Å². The second-order valence-corrected chi connectivity index (χ2v) is 5.73. The monoisotopic (exact) mass is 250 g/mol. The lowest BCUT2D eigenvalue weighted by molar-refractivity contribution is 0.0537. The van der Waals surface area contributed by atoms with Gasteiger partial charge in [0.2, 0.25) is 0 Å². The summed E-state index contributed by atoms with van der Waals surface area (Å²) in [5, 5.41) is 10.2. The summed E-state index contributed by atoms with van der Waals surface area (Å²) in [6.45, 7) is 9.55. The number of aliphatic hydroxyl groups is 1. The first-order valence-corrected chi connectivity index (χ1v) is 7.39. The summed E-state index contributed by atoms with van der Waals surface area (Å²) < 4.78 is 22.5. The van der Waals surface area contributed by atoms with E-state index in [2.05, 4.69) is 6.58 Å². The smallest absolute Gasteiger partial charge is 0.333 e. The van der Waals surface area contributed by atoms with E-state index in [1.807, 2.05) is 6.92 Å². The zero-order valence-electron chi connectivity index (χ0n) is 10.4. The van der Waals surface area contributed by atoms with Gasteiger partial charge in [-0.1, -0.05) is 13.0 Å². The molecule has 4 nitrogen and oxygen atoms in total. The highest BCUT2D eigenvalue weighted by Crippen LogP contribution is 2.51. The molecule has 0 spiro atoms. The van der Waals surface area contributed by atoms with Gasteiger partial charge < -0.3 is 14.2 Å². The van der Waals surface area contributed by atoms with Gasteiger partial charge in [-0.3, -0.25) is 4.57 Å². The van der Waals surface area contributed by atoms with Gasteiger partial charge in [0.05, 0.1) is 25.0 Å². The molecule has 0 aliphatic heterocycles. The molecular weight excluding hydrogens is 227 g/mol. The minimum absolute atomic E-state index is 0.0181. The van der Waals surface area contributed by atoms with Gasteiger partial charge in [0.1, 0.15) is 0 Å². The van der Waals surface area contributed by atoms with Crippen LogP contribution >= 0.6 is 7.60 Å². The van der Waals surface area contributed by atoms with Crippen LogP contribution in [-0.4, -0.2) is 30.1 Å². The third-order valence-corrected chi connectivity index (χ3v) is 4.60. The fraction of sp³-hybridized carbons (Fsp3) is 0.818. The van der Waals surface area contributed by atoms with Crippen LogP contribution in [0.3, 0.4) is 0 Å². The van der Waals surface area contributed by atoms with E-state index in [1.54, 1.807) is 19.9 Å². The molecule has 1 unspecified atom stereocenters. The average Bonchev–Trinajstić information content (AvgIpc) is 2.18. The van der Waals surface area contributed by atoms with Crippen molar-refractivity contribution in [2.75, 3.05) is 19.4 Å². The third-order valence-electron chi connectivity index (χ3n) is 2.32. The average molecular weight is 250 g/mol. The highest BCUT2D eigenvalue weighted by Gasteiger charge is 2.36. The molecule has 0 aromatic rings. The fourth-order valence-electron chi connectivity index (χ4n) is 1.47. The lowest BCUT2D eigenvalue weighted by Crippen LogP contribution is -2.32. The molecule has 96 valence electrons. The van der Waals surface area contributed by atoms with Gasteiger partial charge in [-0.25, -0.2) is 0 Å². The second kappa shape index (κ2) is 7.23. The van der Waals surface area contributed by atoms with Crippen LogP contribution in [0.2, 0.25) is 0 Å². The molecule has 0 aliphatic carbocycles. The van der Waals surface area contributed by atoms with Crippen molar-refractivity contribution in [2.45, 2.75) is 39.2 Å². The van der Waals surface area contributed by atoms with Gasteiger partial charge in [-0.05, 0) is 26.7 Å². The third kappa shape index (κ3) is 5.26. The molecule has 0 fully saturated rings. The van der Waals surface area contributed by atoms with Gasteiger partial charge in [-0.2, -0.15) is 0 Å². The van der Waals surface area contributed by atoms with E-state index in [0.717, 1.165) is 0 Å². The first-order chi connectivity index (χ1) is 7.45. The second-order valence-electron chi connectivity index (χ2n) is 3.68. The number of hydrogen-bond acceptors (Lipinski definition) is 4. The Labute approximate surface area is 98.2 Å². The normalized spacial score (nSPS) is 15.8. The Hall–Kier alpha value is -0.150. The first-order valence-electron chi connectivity index (χ1n) is 5.66. The molecule has 1 N–H and O–H groups in total. The number of hydrogen-bond donors (Lipinski definition) is 1. The predicted octanol–water partition coefficient (Wildman–Crippen LogP) is 2.97. The van der Waals surface area contributed by atoms with Crippen molar-refractivity contribution < 1.29 is 18.7 Å². The molecule has 0 saturated carbocycles. The van der Waals surface area contributed by atoms with Crippen LogP contribution in [0.25, 0.3) is 0 Å². The molecular formula is C11H23O4P. The molecule has 1 atom stereocenters. The summed E-state index contributed by atoms with van der Waals surface area (Å²) in [5.74, 6) is 0. The summed E-state index contributed by atoms with van der Waals surface area (Å²) in [6, 6.07) is 0. The Morgan fingerprint density at radius 2 is 1.81 bits per heavy atom. The van der Waals surface area contributed by atoms with Crippen LogP contribution in [0.4, 0.5) is 0 Å². The molecule has 0 rings (SSSR count).